The Hall–Kier alpha value is -1.43. The highest BCUT2D eigenvalue weighted by Crippen LogP contribution is 2.03. The topological polar surface area (TPSA) is 89.6 Å². The van der Waals surface area contributed by atoms with Gasteiger partial charge >= 0.3 is 11.9 Å². The van der Waals surface area contributed by atoms with Crippen LogP contribution in [0.1, 0.15) is 12.5 Å². The Labute approximate surface area is 111 Å². The molecule has 0 aromatic heterocycles. The van der Waals surface area contributed by atoms with E-state index < -0.39 is 24.1 Å². The zero-order chi connectivity index (χ0) is 12.8. The number of carbonyl (C=O) groups is 2. The summed E-state index contributed by atoms with van der Waals surface area (Å²) in [5, 5.41) is 8.87. The number of aliphatic hydroxyl groups is 1. The number of carbonyl (C=O) groups excluding carboxylic acids is 2. The van der Waals surface area contributed by atoms with E-state index in [-0.39, 0.29) is 18.8 Å². The first-order chi connectivity index (χ1) is 8.00. The van der Waals surface area contributed by atoms with Crippen LogP contribution in [0.3, 0.4) is 0 Å². The summed E-state index contributed by atoms with van der Waals surface area (Å²) < 4.78 is 4.39. The van der Waals surface area contributed by atoms with E-state index >= 15 is 0 Å². The quantitative estimate of drug-likeness (QED) is 0.613. The van der Waals surface area contributed by atoms with Crippen molar-refractivity contribution in [1.29, 1.82) is 0 Å². The maximum absolute atomic E-state index is 11.4. The van der Waals surface area contributed by atoms with E-state index in [2.05, 4.69) is 4.74 Å². The minimum atomic E-state index is -1.33. The maximum Gasteiger partial charge on any atom is 0.342 e. The SMILES string of the molecule is CC(O)C(=O)OC(=O)[C@@H](N)Cc1ccccc1.Cl. The molecule has 6 heteroatoms. The molecular formula is C12H16ClNO4. The van der Waals surface area contributed by atoms with Crippen LogP contribution in [0.2, 0.25) is 0 Å². The number of aliphatic hydroxyl groups excluding tert-OH is 1. The fourth-order valence-electron chi connectivity index (χ4n) is 1.21. The van der Waals surface area contributed by atoms with E-state index in [1.54, 1.807) is 0 Å². The average Bonchev–Trinajstić information content (AvgIpc) is 2.29. The first-order valence-electron chi connectivity index (χ1n) is 5.24. The predicted octanol–water partition coefficient (Wildman–Crippen LogP) is 0.429. The largest absolute Gasteiger partial charge is 0.390 e. The lowest BCUT2D eigenvalue weighted by Gasteiger charge is -2.11. The minimum Gasteiger partial charge on any atom is -0.390 e. The number of hydrogen-bond donors (Lipinski definition) is 2. The lowest BCUT2D eigenvalue weighted by Crippen LogP contribution is -2.37. The van der Waals surface area contributed by atoms with Crippen molar-refractivity contribution in [3.63, 3.8) is 0 Å². The molecule has 0 saturated carbocycles. The summed E-state index contributed by atoms with van der Waals surface area (Å²) >= 11 is 0. The van der Waals surface area contributed by atoms with Crippen LogP contribution in [0, 0.1) is 0 Å². The van der Waals surface area contributed by atoms with Crippen molar-refractivity contribution in [2.75, 3.05) is 0 Å². The molecule has 0 radical (unpaired) electrons. The number of ether oxygens (including phenoxy) is 1. The molecule has 0 aliphatic heterocycles. The molecule has 0 aliphatic rings. The second kappa shape index (κ2) is 7.81. The smallest absolute Gasteiger partial charge is 0.342 e. The van der Waals surface area contributed by atoms with Gasteiger partial charge in [-0.3, -0.25) is 0 Å². The standard InChI is InChI=1S/C12H15NO4.ClH/c1-8(14)11(15)17-12(16)10(13)7-9-5-3-2-4-6-9;/h2-6,8,10,14H,7,13H2,1H3;1H/t8?,10-;/m0./s1. The van der Waals surface area contributed by atoms with Crippen molar-refractivity contribution >= 4 is 24.3 Å². The molecule has 0 fully saturated rings. The van der Waals surface area contributed by atoms with Crippen LogP contribution in [0.5, 0.6) is 0 Å². The zero-order valence-corrected chi connectivity index (χ0v) is 10.7. The van der Waals surface area contributed by atoms with Crippen LogP contribution >= 0.6 is 12.4 Å². The maximum atomic E-state index is 11.4. The zero-order valence-electron chi connectivity index (χ0n) is 9.91. The first kappa shape index (κ1) is 16.6. The predicted molar refractivity (Wildman–Crippen MR) is 68.1 cm³/mol. The van der Waals surface area contributed by atoms with E-state index in [9.17, 15) is 9.59 Å². The number of halogens is 1. The minimum absolute atomic E-state index is 0. The lowest BCUT2D eigenvalue weighted by atomic mass is 10.1. The molecule has 0 bridgehead atoms. The van der Waals surface area contributed by atoms with Gasteiger partial charge in [0.05, 0.1) is 0 Å². The number of rotatable bonds is 4. The van der Waals surface area contributed by atoms with Gasteiger partial charge in [-0.05, 0) is 18.9 Å². The van der Waals surface area contributed by atoms with Gasteiger partial charge in [0.15, 0.2) is 0 Å². The van der Waals surface area contributed by atoms with Crippen molar-refractivity contribution in [3.8, 4) is 0 Å². The van der Waals surface area contributed by atoms with Crippen LogP contribution in [0.15, 0.2) is 30.3 Å². The van der Waals surface area contributed by atoms with Gasteiger partial charge in [-0.1, -0.05) is 30.3 Å². The molecule has 100 valence electrons. The van der Waals surface area contributed by atoms with E-state index in [4.69, 9.17) is 10.8 Å². The molecule has 5 nitrogen and oxygen atoms in total. The molecule has 1 rings (SSSR count). The highest BCUT2D eigenvalue weighted by Gasteiger charge is 2.21. The molecular weight excluding hydrogens is 258 g/mol. The normalized spacial score (nSPS) is 13.1. The fourth-order valence-corrected chi connectivity index (χ4v) is 1.21. The van der Waals surface area contributed by atoms with Crippen molar-refractivity contribution < 1.29 is 19.4 Å². The second-order valence-corrected chi connectivity index (χ2v) is 3.71. The fraction of sp³-hybridized carbons (Fsp3) is 0.333. The molecule has 0 aliphatic carbocycles. The average molecular weight is 274 g/mol. The summed E-state index contributed by atoms with van der Waals surface area (Å²) in [5.74, 6) is -1.82. The molecule has 1 aromatic carbocycles. The third kappa shape index (κ3) is 5.27. The number of nitrogens with two attached hydrogens (primary N) is 1. The third-order valence-corrected chi connectivity index (χ3v) is 2.14. The highest BCUT2D eigenvalue weighted by molar-refractivity contribution is 5.90. The molecule has 0 amide bonds. The summed E-state index contributed by atoms with van der Waals surface area (Å²) in [7, 11) is 0. The molecule has 1 aromatic rings. The molecule has 1 unspecified atom stereocenters. The van der Waals surface area contributed by atoms with Gasteiger partial charge in [0.1, 0.15) is 12.1 Å². The number of esters is 2. The van der Waals surface area contributed by atoms with E-state index in [1.165, 1.54) is 6.92 Å². The van der Waals surface area contributed by atoms with Crippen LogP contribution in [-0.2, 0) is 20.7 Å². The Morgan fingerprint density at radius 1 is 1.28 bits per heavy atom. The third-order valence-electron chi connectivity index (χ3n) is 2.14. The van der Waals surface area contributed by atoms with Crippen molar-refractivity contribution in [3.05, 3.63) is 35.9 Å². The highest BCUT2D eigenvalue weighted by atomic mass is 35.5. The summed E-state index contributed by atoms with van der Waals surface area (Å²) in [4.78, 5) is 22.3. The summed E-state index contributed by atoms with van der Waals surface area (Å²) in [6.07, 6.45) is -1.05. The Morgan fingerprint density at radius 3 is 2.33 bits per heavy atom. The molecule has 18 heavy (non-hydrogen) atoms. The van der Waals surface area contributed by atoms with Gasteiger partial charge in [0.2, 0.25) is 0 Å². The number of benzene rings is 1. The summed E-state index contributed by atoms with van der Waals surface area (Å²) in [6.45, 7) is 1.22. The van der Waals surface area contributed by atoms with Crippen molar-refractivity contribution in [1.82, 2.24) is 0 Å². The summed E-state index contributed by atoms with van der Waals surface area (Å²) in [6, 6.07) is 8.24. The van der Waals surface area contributed by atoms with E-state index in [1.807, 2.05) is 30.3 Å². The Balaban J connectivity index is 0.00000289. The molecule has 0 spiro atoms. The summed E-state index contributed by atoms with van der Waals surface area (Å²) in [5.41, 5.74) is 6.47. The van der Waals surface area contributed by atoms with Gasteiger partial charge in [-0.25, -0.2) is 9.59 Å². The van der Waals surface area contributed by atoms with E-state index in [0.717, 1.165) is 5.56 Å². The molecule has 0 saturated heterocycles. The van der Waals surface area contributed by atoms with Crippen LogP contribution in [0.4, 0.5) is 0 Å². The van der Waals surface area contributed by atoms with Crippen molar-refractivity contribution in [2.24, 2.45) is 5.73 Å². The van der Waals surface area contributed by atoms with Crippen LogP contribution < -0.4 is 5.73 Å². The van der Waals surface area contributed by atoms with Crippen LogP contribution in [0.25, 0.3) is 0 Å². The first-order valence-corrected chi connectivity index (χ1v) is 5.24. The Morgan fingerprint density at radius 2 is 1.83 bits per heavy atom. The Kier molecular flexibility index (Phi) is 7.19. The monoisotopic (exact) mass is 273 g/mol. The molecule has 0 heterocycles. The Bertz CT molecular complexity index is 394. The van der Waals surface area contributed by atoms with Gasteiger partial charge in [0, 0.05) is 0 Å². The molecule has 2 atom stereocenters. The second-order valence-electron chi connectivity index (χ2n) is 3.71. The van der Waals surface area contributed by atoms with E-state index in [0.29, 0.717) is 0 Å². The van der Waals surface area contributed by atoms with Gasteiger partial charge in [0.25, 0.3) is 0 Å². The van der Waals surface area contributed by atoms with Crippen molar-refractivity contribution in [2.45, 2.75) is 25.5 Å². The van der Waals surface area contributed by atoms with Gasteiger partial charge < -0.3 is 15.6 Å². The van der Waals surface area contributed by atoms with Crippen LogP contribution in [-0.4, -0.2) is 29.2 Å². The lowest BCUT2D eigenvalue weighted by molar-refractivity contribution is -0.166. The van der Waals surface area contributed by atoms with Gasteiger partial charge in [-0.15, -0.1) is 12.4 Å². The molecule has 3 N–H and O–H groups in total. The van der Waals surface area contributed by atoms with Gasteiger partial charge in [-0.2, -0.15) is 0 Å². The number of hydrogen-bond acceptors (Lipinski definition) is 5.